The average molecular weight is 177 g/mol. The van der Waals surface area contributed by atoms with Crippen molar-refractivity contribution in [1.29, 1.82) is 0 Å². The maximum absolute atomic E-state index is 10.7. The molecule has 5 N–H and O–H groups in total. The van der Waals surface area contributed by atoms with Crippen LogP contribution >= 0.6 is 11.8 Å². The van der Waals surface area contributed by atoms with Crippen molar-refractivity contribution in [2.75, 3.05) is 18.1 Å². The monoisotopic (exact) mass is 177 g/mol. The van der Waals surface area contributed by atoms with Crippen LogP contribution in [-0.4, -0.2) is 30.0 Å². The molecule has 11 heavy (non-hydrogen) atoms. The van der Waals surface area contributed by atoms with Gasteiger partial charge in [-0.05, 0) is 0 Å². The minimum absolute atomic E-state index is 0.222. The van der Waals surface area contributed by atoms with Crippen LogP contribution in [0.2, 0.25) is 0 Å². The summed E-state index contributed by atoms with van der Waals surface area (Å²) in [5.41, 5.74) is 9.86. The lowest BCUT2D eigenvalue weighted by molar-refractivity contribution is -0.117. The number of thioether (sulfide) groups is 1. The number of nitrogens with two attached hydrogens (primary N) is 2. The van der Waals surface area contributed by atoms with Crippen molar-refractivity contribution in [1.82, 2.24) is 5.32 Å². The summed E-state index contributed by atoms with van der Waals surface area (Å²) in [6, 6.07) is -0.816. The van der Waals surface area contributed by atoms with Crippen LogP contribution in [0.25, 0.3) is 0 Å². The topological polar surface area (TPSA) is 98.2 Å². The molecule has 0 rings (SSSR count). The molecule has 0 saturated carbocycles. The highest BCUT2D eigenvalue weighted by Gasteiger charge is 2.02. The van der Waals surface area contributed by atoms with Crippen LogP contribution < -0.4 is 16.8 Å². The molecule has 0 aromatic carbocycles. The summed E-state index contributed by atoms with van der Waals surface area (Å²) in [6.07, 6.45) is 0. The minimum atomic E-state index is -0.816. The van der Waals surface area contributed by atoms with Crippen LogP contribution in [0.15, 0.2) is 0 Å². The van der Waals surface area contributed by atoms with Gasteiger partial charge in [0, 0.05) is 12.3 Å². The molecule has 0 radical (unpaired) electrons. The van der Waals surface area contributed by atoms with Gasteiger partial charge in [0.25, 0.3) is 0 Å². The zero-order valence-electron chi connectivity index (χ0n) is 6.00. The SMILES string of the molecule is NCCSCC(=O)NC(N)=O. The van der Waals surface area contributed by atoms with Crippen molar-refractivity contribution in [2.45, 2.75) is 0 Å². The summed E-state index contributed by atoms with van der Waals surface area (Å²) in [4.78, 5) is 20.8. The zero-order valence-corrected chi connectivity index (χ0v) is 6.82. The van der Waals surface area contributed by atoms with E-state index in [1.807, 2.05) is 5.32 Å². The van der Waals surface area contributed by atoms with Crippen molar-refractivity contribution in [2.24, 2.45) is 11.5 Å². The fraction of sp³-hybridized carbons (Fsp3) is 0.600. The molecule has 3 amide bonds. The highest BCUT2D eigenvalue weighted by molar-refractivity contribution is 7.99. The quantitative estimate of drug-likeness (QED) is 0.473. The third-order valence-electron chi connectivity index (χ3n) is 0.758. The van der Waals surface area contributed by atoms with Crippen LogP contribution in [0.3, 0.4) is 0 Å². The molecule has 0 spiro atoms. The van der Waals surface area contributed by atoms with Crippen molar-refractivity contribution >= 4 is 23.7 Å². The summed E-state index contributed by atoms with van der Waals surface area (Å²) >= 11 is 1.36. The first kappa shape index (κ1) is 10.2. The number of carbonyl (C=O) groups excluding carboxylic acids is 2. The molecule has 0 saturated heterocycles. The molecule has 0 aromatic heterocycles. The Morgan fingerprint density at radius 1 is 1.45 bits per heavy atom. The van der Waals surface area contributed by atoms with Crippen molar-refractivity contribution < 1.29 is 9.59 Å². The smallest absolute Gasteiger partial charge is 0.318 e. The van der Waals surface area contributed by atoms with Crippen LogP contribution in [0.4, 0.5) is 4.79 Å². The van der Waals surface area contributed by atoms with Gasteiger partial charge < -0.3 is 11.5 Å². The van der Waals surface area contributed by atoms with Crippen LogP contribution in [-0.2, 0) is 4.79 Å². The van der Waals surface area contributed by atoms with E-state index in [1.54, 1.807) is 0 Å². The molecule has 0 bridgehead atoms. The number of hydrogen-bond acceptors (Lipinski definition) is 4. The van der Waals surface area contributed by atoms with E-state index in [4.69, 9.17) is 11.5 Å². The first-order chi connectivity index (χ1) is 5.16. The molecular formula is C5H11N3O2S. The third kappa shape index (κ3) is 7.14. The molecule has 0 fully saturated rings. The van der Waals surface area contributed by atoms with Gasteiger partial charge >= 0.3 is 6.03 Å². The Bertz CT molecular complexity index is 151. The predicted octanol–water partition coefficient (Wildman–Crippen LogP) is -1.13. The highest BCUT2D eigenvalue weighted by Crippen LogP contribution is 1.95. The zero-order chi connectivity index (χ0) is 8.69. The van der Waals surface area contributed by atoms with Gasteiger partial charge in [-0.25, -0.2) is 4.79 Å². The molecule has 64 valence electrons. The molecule has 0 aromatic rings. The molecule has 0 heterocycles. The molecular weight excluding hydrogens is 166 g/mol. The Hall–Kier alpha value is -0.750. The van der Waals surface area contributed by atoms with Gasteiger partial charge in [0.15, 0.2) is 0 Å². The van der Waals surface area contributed by atoms with Gasteiger partial charge in [-0.1, -0.05) is 0 Å². The van der Waals surface area contributed by atoms with Crippen LogP contribution in [0.1, 0.15) is 0 Å². The van der Waals surface area contributed by atoms with E-state index < -0.39 is 6.03 Å². The maximum Gasteiger partial charge on any atom is 0.318 e. The number of hydrogen-bond donors (Lipinski definition) is 3. The molecule has 0 aliphatic heterocycles. The molecule has 0 unspecified atom stereocenters. The number of imide groups is 1. The van der Waals surface area contributed by atoms with E-state index in [9.17, 15) is 9.59 Å². The number of urea groups is 1. The Balaban J connectivity index is 3.30. The van der Waals surface area contributed by atoms with E-state index >= 15 is 0 Å². The van der Waals surface area contributed by atoms with Crippen molar-refractivity contribution in [3.63, 3.8) is 0 Å². The summed E-state index contributed by atoms with van der Waals surface area (Å²) in [5, 5.41) is 1.94. The lowest BCUT2D eigenvalue weighted by atomic mass is 10.7. The first-order valence-electron chi connectivity index (χ1n) is 3.04. The van der Waals surface area contributed by atoms with Crippen LogP contribution in [0.5, 0.6) is 0 Å². The van der Waals surface area contributed by atoms with Gasteiger partial charge in [0.05, 0.1) is 5.75 Å². The average Bonchev–Trinajstić information content (AvgIpc) is 1.86. The Kier molecular flexibility index (Phi) is 5.58. The van der Waals surface area contributed by atoms with Crippen molar-refractivity contribution in [3.05, 3.63) is 0 Å². The van der Waals surface area contributed by atoms with Gasteiger partial charge in [0.1, 0.15) is 0 Å². The highest BCUT2D eigenvalue weighted by atomic mass is 32.2. The molecule has 0 atom stereocenters. The maximum atomic E-state index is 10.7. The summed E-state index contributed by atoms with van der Waals surface area (Å²) in [7, 11) is 0. The Morgan fingerprint density at radius 2 is 2.09 bits per heavy atom. The van der Waals surface area contributed by atoms with E-state index in [0.717, 1.165) is 0 Å². The predicted molar refractivity (Wildman–Crippen MR) is 44.1 cm³/mol. The molecule has 0 aliphatic rings. The van der Waals surface area contributed by atoms with Crippen molar-refractivity contribution in [3.8, 4) is 0 Å². The summed E-state index contributed by atoms with van der Waals surface area (Å²) in [6.45, 7) is 0.522. The second-order valence-electron chi connectivity index (χ2n) is 1.75. The van der Waals surface area contributed by atoms with Gasteiger partial charge in [-0.15, -0.1) is 0 Å². The fourth-order valence-corrected chi connectivity index (χ4v) is 0.990. The Labute approximate surface area is 68.9 Å². The Morgan fingerprint density at radius 3 is 2.55 bits per heavy atom. The lowest BCUT2D eigenvalue weighted by Gasteiger charge is -1.98. The van der Waals surface area contributed by atoms with E-state index in [0.29, 0.717) is 12.3 Å². The third-order valence-corrected chi connectivity index (χ3v) is 1.75. The van der Waals surface area contributed by atoms with E-state index in [2.05, 4.69) is 0 Å². The van der Waals surface area contributed by atoms with E-state index in [1.165, 1.54) is 11.8 Å². The van der Waals surface area contributed by atoms with Crippen LogP contribution in [0, 0.1) is 0 Å². The lowest BCUT2D eigenvalue weighted by Crippen LogP contribution is -2.36. The normalized spacial score (nSPS) is 9.18. The van der Waals surface area contributed by atoms with Gasteiger partial charge in [0.2, 0.25) is 5.91 Å². The second-order valence-corrected chi connectivity index (χ2v) is 2.86. The fourth-order valence-electron chi connectivity index (χ4n) is 0.422. The molecule has 0 aliphatic carbocycles. The number of rotatable bonds is 4. The number of carbonyl (C=O) groups is 2. The molecule has 5 nitrogen and oxygen atoms in total. The minimum Gasteiger partial charge on any atom is -0.351 e. The number of nitrogens with one attached hydrogen (secondary N) is 1. The van der Waals surface area contributed by atoms with E-state index in [-0.39, 0.29) is 11.7 Å². The van der Waals surface area contributed by atoms with Gasteiger partial charge in [-0.3, -0.25) is 10.1 Å². The largest absolute Gasteiger partial charge is 0.351 e. The standard InChI is InChI=1S/C5H11N3O2S/c6-1-2-11-3-4(9)8-5(7)10/h1-3,6H2,(H3,7,8,9,10). The number of primary amides is 1. The summed E-state index contributed by atoms with van der Waals surface area (Å²) in [5.74, 6) is 0.544. The number of amides is 3. The van der Waals surface area contributed by atoms with Gasteiger partial charge in [-0.2, -0.15) is 11.8 Å². The molecule has 6 heteroatoms. The second kappa shape index (κ2) is 5.99. The first-order valence-corrected chi connectivity index (χ1v) is 4.19. The summed E-state index contributed by atoms with van der Waals surface area (Å²) < 4.78 is 0.